The molecule has 66 valence electrons. The summed E-state index contributed by atoms with van der Waals surface area (Å²) in [4.78, 5) is 0. The highest BCUT2D eigenvalue weighted by Crippen LogP contribution is 2.28. The molecule has 0 bridgehead atoms. The highest BCUT2D eigenvalue weighted by molar-refractivity contribution is 4.73. The molecule has 1 atom stereocenters. The zero-order valence-electron chi connectivity index (χ0n) is 7.34. The summed E-state index contributed by atoms with van der Waals surface area (Å²) in [5.41, 5.74) is 0. The van der Waals surface area contributed by atoms with Crippen LogP contribution in [0.4, 0.5) is 0 Å². The van der Waals surface area contributed by atoms with E-state index in [4.69, 9.17) is 5.11 Å². The molecule has 0 aromatic heterocycles. The summed E-state index contributed by atoms with van der Waals surface area (Å²) in [5.74, 6) is 0.875. The normalized spacial score (nSPS) is 22.4. The van der Waals surface area contributed by atoms with Gasteiger partial charge in [0.15, 0.2) is 0 Å². The van der Waals surface area contributed by atoms with Gasteiger partial charge in [0.2, 0.25) is 0 Å². The third-order valence-corrected chi connectivity index (χ3v) is 2.72. The van der Waals surface area contributed by atoms with E-state index in [0.29, 0.717) is 6.04 Å². The summed E-state index contributed by atoms with van der Waals surface area (Å²) in [6.45, 7) is 0.285. The number of rotatable bonds is 4. The van der Waals surface area contributed by atoms with Gasteiger partial charge in [0.05, 0.1) is 6.61 Å². The van der Waals surface area contributed by atoms with E-state index in [0.717, 1.165) is 12.3 Å². The van der Waals surface area contributed by atoms with Gasteiger partial charge in [-0.3, -0.25) is 0 Å². The van der Waals surface area contributed by atoms with Gasteiger partial charge < -0.3 is 10.4 Å². The maximum atomic E-state index is 8.92. The van der Waals surface area contributed by atoms with Crippen LogP contribution in [-0.2, 0) is 0 Å². The molecule has 1 aliphatic rings. The molecule has 0 spiro atoms. The number of aliphatic hydroxyl groups is 1. The van der Waals surface area contributed by atoms with Crippen molar-refractivity contribution in [3.05, 3.63) is 0 Å². The molecule has 1 saturated carbocycles. The summed E-state index contributed by atoms with van der Waals surface area (Å²) in [6.07, 6.45) is 6.70. The second-order valence-electron chi connectivity index (χ2n) is 3.55. The van der Waals surface area contributed by atoms with Gasteiger partial charge in [-0.1, -0.05) is 25.7 Å². The fourth-order valence-electron chi connectivity index (χ4n) is 1.93. The van der Waals surface area contributed by atoms with Crippen LogP contribution in [0.1, 0.15) is 32.1 Å². The van der Waals surface area contributed by atoms with Crippen molar-refractivity contribution in [1.29, 1.82) is 0 Å². The third-order valence-electron chi connectivity index (χ3n) is 2.72. The van der Waals surface area contributed by atoms with E-state index in [1.165, 1.54) is 25.7 Å². The third kappa shape index (κ3) is 2.80. The topological polar surface area (TPSA) is 32.3 Å². The van der Waals surface area contributed by atoms with Gasteiger partial charge >= 0.3 is 0 Å². The standard InChI is InChI=1S/C9H19NO/c1-10-9(7-11)6-8-4-2-3-5-8/h8-11H,2-7H2,1H3/t9-/m0/s1. The van der Waals surface area contributed by atoms with Crippen LogP contribution in [0.3, 0.4) is 0 Å². The average Bonchev–Trinajstić information content (AvgIpc) is 2.52. The van der Waals surface area contributed by atoms with Crippen molar-refractivity contribution < 1.29 is 5.11 Å². The summed E-state index contributed by atoms with van der Waals surface area (Å²) < 4.78 is 0. The fraction of sp³-hybridized carbons (Fsp3) is 1.00. The number of aliphatic hydroxyl groups excluding tert-OH is 1. The predicted octanol–water partition coefficient (Wildman–Crippen LogP) is 1.15. The van der Waals surface area contributed by atoms with E-state index < -0.39 is 0 Å². The highest BCUT2D eigenvalue weighted by atomic mass is 16.3. The summed E-state index contributed by atoms with van der Waals surface area (Å²) >= 11 is 0. The zero-order valence-corrected chi connectivity index (χ0v) is 7.34. The molecule has 11 heavy (non-hydrogen) atoms. The van der Waals surface area contributed by atoms with Crippen LogP contribution in [0.25, 0.3) is 0 Å². The van der Waals surface area contributed by atoms with Crippen molar-refractivity contribution in [2.45, 2.75) is 38.1 Å². The Morgan fingerprint density at radius 3 is 2.55 bits per heavy atom. The first kappa shape index (κ1) is 9.01. The number of nitrogens with one attached hydrogen (secondary N) is 1. The number of hydrogen-bond acceptors (Lipinski definition) is 2. The predicted molar refractivity (Wildman–Crippen MR) is 46.5 cm³/mol. The van der Waals surface area contributed by atoms with Crippen molar-refractivity contribution in [1.82, 2.24) is 5.32 Å². The van der Waals surface area contributed by atoms with Gasteiger partial charge in [-0.25, -0.2) is 0 Å². The lowest BCUT2D eigenvalue weighted by molar-refractivity contribution is 0.226. The van der Waals surface area contributed by atoms with Gasteiger partial charge in [0, 0.05) is 6.04 Å². The van der Waals surface area contributed by atoms with Crippen LogP contribution in [-0.4, -0.2) is 24.8 Å². The van der Waals surface area contributed by atoms with Crippen molar-refractivity contribution in [2.75, 3.05) is 13.7 Å². The van der Waals surface area contributed by atoms with E-state index >= 15 is 0 Å². The van der Waals surface area contributed by atoms with E-state index in [1.54, 1.807) is 0 Å². The van der Waals surface area contributed by atoms with Crippen molar-refractivity contribution in [2.24, 2.45) is 5.92 Å². The molecule has 0 unspecified atom stereocenters. The molecular weight excluding hydrogens is 138 g/mol. The summed E-state index contributed by atoms with van der Waals surface area (Å²) in [6, 6.07) is 0.332. The van der Waals surface area contributed by atoms with Crippen molar-refractivity contribution in [3.63, 3.8) is 0 Å². The van der Waals surface area contributed by atoms with Crippen LogP contribution in [0.2, 0.25) is 0 Å². The second-order valence-corrected chi connectivity index (χ2v) is 3.55. The van der Waals surface area contributed by atoms with Crippen LogP contribution in [0.5, 0.6) is 0 Å². The Balaban J connectivity index is 2.16. The Morgan fingerprint density at radius 2 is 2.09 bits per heavy atom. The van der Waals surface area contributed by atoms with Crippen LogP contribution >= 0.6 is 0 Å². The molecule has 2 N–H and O–H groups in total. The molecule has 1 rings (SSSR count). The maximum absolute atomic E-state index is 8.92. The van der Waals surface area contributed by atoms with Crippen LogP contribution in [0.15, 0.2) is 0 Å². The lowest BCUT2D eigenvalue weighted by Gasteiger charge is -2.17. The molecule has 0 aliphatic heterocycles. The van der Waals surface area contributed by atoms with Gasteiger partial charge in [-0.15, -0.1) is 0 Å². The van der Waals surface area contributed by atoms with Gasteiger partial charge in [0.25, 0.3) is 0 Å². The Labute approximate surface area is 69.0 Å². The van der Waals surface area contributed by atoms with E-state index in [2.05, 4.69) is 5.32 Å². The molecule has 0 aromatic rings. The molecular formula is C9H19NO. The van der Waals surface area contributed by atoms with Gasteiger partial charge in [-0.05, 0) is 19.4 Å². The molecule has 2 heteroatoms. The number of likely N-dealkylation sites (N-methyl/N-ethyl adjacent to an activating group) is 1. The largest absolute Gasteiger partial charge is 0.395 e. The second kappa shape index (κ2) is 4.73. The van der Waals surface area contributed by atoms with Gasteiger partial charge in [0.1, 0.15) is 0 Å². The molecule has 0 amide bonds. The molecule has 0 radical (unpaired) electrons. The summed E-state index contributed by atoms with van der Waals surface area (Å²) in [7, 11) is 1.93. The lowest BCUT2D eigenvalue weighted by atomic mass is 9.99. The Morgan fingerprint density at radius 1 is 1.45 bits per heavy atom. The van der Waals surface area contributed by atoms with Crippen molar-refractivity contribution >= 4 is 0 Å². The molecule has 0 heterocycles. The van der Waals surface area contributed by atoms with Crippen LogP contribution < -0.4 is 5.32 Å². The molecule has 1 aliphatic carbocycles. The van der Waals surface area contributed by atoms with Gasteiger partial charge in [-0.2, -0.15) is 0 Å². The maximum Gasteiger partial charge on any atom is 0.0584 e. The molecule has 0 saturated heterocycles. The highest BCUT2D eigenvalue weighted by Gasteiger charge is 2.18. The molecule has 2 nitrogen and oxygen atoms in total. The lowest BCUT2D eigenvalue weighted by Crippen LogP contribution is -2.30. The minimum atomic E-state index is 0.285. The fourth-order valence-corrected chi connectivity index (χ4v) is 1.93. The Kier molecular flexibility index (Phi) is 3.87. The zero-order chi connectivity index (χ0) is 8.10. The van der Waals surface area contributed by atoms with Crippen LogP contribution in [0, 0.1) is 5.92 Å². The SMILES string of the molecule is CN[C@H](CO)CC1CCCC1. The minimum Gasteiger partial charge on any atom is -0.395 e. The summed E-state index contributed by atoms with van der Waals surface area (Å²) in [5, 5.41) is 12.1. The first-order valence-corrected chi connectivity index (χ1v) is 4.65. The quantitative estimate of drug-likeness (QED) is 0.641. The smallest absolute Gasteiger partial charge is 0.0584 e. The first-order chi connectivity index (χ1) is 5.36. The van der Waals surface area contributed by atoms with E-state index in [9.17, 15) is 0 Å². The average molecular weight is 157 g/mol. The Hall–Kier alpha value is -0.0800. The minimum absolute atomic E-state index is 0.285. The first-order valence-electron chi connectivity index (χ1n) is 4.65. The van der Waals surface area contributed by atoms with Crippen molar-refractivity contribution in [3.8, 4) is 0 Å². The van der Waals surface area contributed by atoms with E-state index in [1.807, 2.05) is 7.05 Å². The Bertz CT molecular complexity index is 95.7. The monoisotopic (exact) mass is 157 g/mol. The van der Waals surface area contributed by atoms with E-state index in [-0.39, 0.29) is 6.61 Å². The number of hydrogen-bond donors (Lipinski definition) is 2. The molecule has 1 fully saturated rings. The molecule has 0 aromatic carbocycles.